The molecule has 0 heterocycles. The Bertz CT molecular complexity index is 650. The molecule has 0 unspecified atom stereocenters. The Hall–Kier alpha value is -1.81. The molecule has 114 valence electrons. The molecule has 0 saturated heterocycles. The molecule has 0 amide bonds. The van der Waals surface area contributed by atoms with Gasteiger partial charge in [0.1, 0.15) is 11.6 Å². The highest BCUT2D eigenvalue weighted by molar-refractivity contribution is 7.99. The highest BCUT2D eigenvalue weighted by atomic mass is 32.2. The van der Waals surface area contributed by atoms with Crippen LogP contribution in [-0.4, -0.2) is 18.1 Å². The van der Waals surface area contributed by atoms with E-state index in [4.69, 9.17) is 4.74 Å². The van der Waals surface area contributed by atoms with Gasteiger partial charge in [-0.15, -0.1) is 11.8 Å². The fourth-order valence-electron chi connectivity index (χ4n) is 2.17. The second-order valence-electron chi connectivity index (χ2n) is 5.32. The number of carbonyl (C=O) groups is 1. The first-order valence-electron chi connectivity index (χ1n) is 7.38. The quantitative estimate of drug-likeness (QED) is 0.424. The van der Waals surface area contributed by atoms with E-state index < -0.39 is 0 Å². The van der Waals surface area contributed by atoms with Crippen molar-refractivity contribution in [2.75, 3.05) is 12.4 Å². The molecule has 22 heavy (non-hydrogen) atoms. The van der Waals surface area contributed by atoms with Crippen LogP contribution in [0.1, 0.15) is 23.2 Å². The van der Waals surface area contributed by atoms with Gasteiger partial charge in [-0.25, -0.2) is 4.39 Å². The van der Waals surface area contributed by atoms with Gasteiger partial charge < -0.3 is 4.74 Å². The van der Waals surface area contributed by atoms with E-state index >= 15 is 0 Å². The predicted octanol–water partition coefficient (Wildman–Crippen LogP) is 4.59. The fraction of sp³-hybridized carbons (Fsp3) is 0.278. The lowest BCUT2D eigenvalue weighted by Crippen LogP contribution is -2.01. The van der Waals surface area contributed by atoms with Gasteiger partial charge in [0.15, 0.2) is 5.78 Å². The summed E-state index contributed by atoms with van der Waals surface area (Å²) in [5, 5.41) is 0. The molecular formula is C18H17FO2S. The maximum absolute atomic E-state index is 13.0. The Morgan fingerprint density at radius 3 is 2.64 bits per heavy atom. The lowest BCUT2D eigenvalue weighted by molar-refractivity contribution is 0.0967. The number of Topliss-reactive ketones (excluding diaryl/α,β-unsaturated/α-hetero) is 1. The van der Waals surface area contributed by atoms with Crippen LogP contribution in [0, 0.1) is 11.7 Å². The first-order valence-corrected chi connectivity index (χ1v) is 8.36. The number of carbonyl (C=O) groups excluding carboxylic acids is 1. The normalized spacial score (nSPS) is 13.9. The molecule has 0 aliphatic heterocycles. The molecule has 0 atom stereocenters. The van der Waals surface area contributed by atoms with E-state index in [0.717, 1.165) is 29.1 Å². The van der Waals surface area contributed by atoms with Crippen LogP contribution < -0.4 is 4.74 Å². The second-order valence-corrected chi connectivity index (χ2v) is 6.49. The summed E-state index contributed by atoms with van der Waals surface area (Å²) in [6.07, 6.45) is 2.07. The number of thioether (sulfide) groups is 1. The predicted molar refractivity (Wildman–Crippen MR) is 86.1 cm³/mol. The summed E-state index contributed by atoms with van der Waals surface area (Å²) in [7, 11) is 0. The van der Waals surface area contributed by atoms with Crippen molar-refractivity contribution in [2.45, 2.75) is 17.7 Å². The number of hydrogen-bond acceptors (Lipinski definition) is 3. The topological polar surface area (TPSA) is 26.3 Å². The number of hydrogen-bond donors (Lipinski definition) is 0. The Labute approximate surface area is 133 Å². The van der Waals surface area contributed by atoms with Gasteiger partial charge in [0.2, 0.25) is 0 Å². The molecule has 0 bridgehead atoms. The number of halogens is 1. The first-order chi connectivity index (χ1) is 10.7. The highest BCUT2D eigenvalue weighted by Gasteiger charge is 2.30. The zero-order valence-electron chi connectivity index (χ0n) is 12.1. The van der Waals surface area contributed by atoms with E-state index in [9.17, 15) is 9.18 Å². The van der Waals surface area contributed by atoms with Crippen LogP contribution in [0.5, 0.6) is 5.75 Å². The zero-order chi connectivity index (χ0) is 15.4. The average Bonchev–Trinajstić information content (AvgIpc) is 3.36. The van der Waals surface area contributed by atoms with E-state index in [0.29, 0.717) is 12.4 Å². The molecule has 2 aromatic rings. The van der Waals surface area contributed by atoms with Crippen molar-refractivity contribution >= 4 is 17.5 Å². The fourth-order valence-corrected chi connectivity index (χ4v) is 2.90. The summed E-state index contributed by atoms with van der Waals surface area (Å²) in [5.41, 5.74) is 0.808. The molecular weight excluding hydrogens is 299 g/mol. The second kappa shape index (κ2) is 6.97. The molecule has 1 aliphatic carbocycles. The van der Waals surface area contributed by atoms with Crippen molar-refractivity contribution in [3.8, 4) is 5.75 Å². The number of benzene rings is 2. The molecule has 1 aliphatic rings. The van der Waals surface area contributed by atoms with E-state index in [1.807, 2.05) is 24.3 Å². The average molecular weight is 316 g/mol. The van der Waals surface area contributed by atoms with E-state index in [1.54, 1.807) is 23.9 Å². The van der Waals surface area contributed by atoms with Gasteiger partial charge in [0, 0.05) is 28.2 Å². The monoisotopic (exact) mass is 316 g/mol. The van der Waals surface area contributed by atoms with Crippen LogP contribution >= 0.6 is 11.8 Å². The Kier molecular flexibility index (Phi) is 4.78. The molecule has 1 fully saturated rings. The molecule has 2 aromatic carbocycles. The Morgan fingerprint density at radius 1 is 1.18 bits per heavy atom. The summed E-state index contributed by atoms with van der Waals surface area (Å²) in [6, 6.07) is 13.9. The molecule has 1 saturated carbocycles. The number of rotatable bonds is 7. The minimum atomic E-state index is -0.291. The van der Waals surface area contributed by atoms with Gasteiger partial charge in [-0.2, -0.15) is 0 Å². The van der Waals surface area contributed by atoms with Crippen molar-refractivity contribution in [1.29, 1.82) is 0 Å². The van der Waals surface area contributed by atoms with Crippen molar-refractivity contribution in [1.82, 2.24) is 0 Å². The summed E-state index contributed by atoms with van der Waals surface area (Å²) in [5.74, 6) is 1.56. The first kappa shape index (κ1) is 15.1. The minimum absolute atomic E-state index is 0.262. The van der Waals surface area contributed by atoms with Gasteiger partial charge in [-0.05, 0) is 37.1 Å². The number of ketones is 1. The van der Waals surface area contributed by atoms with E-state index in [-0.39, 0.29) is 17.5 Å². The van der Waals surface area contributed by atoms with Crippen LogP contribution in [0.3, 0.4) is 0 Å². The molecule has 0 aromatic heterocycles. The summed E-state index contributed by atoms with van der Waals surface area (Å²) in [6.45, 7) is 0.511. The van der Waals surface area contributed by atoms with Crippen LogP contribution in [0.25, 0.3) is 0 Å². The lowest BCUT2D eigenvalue weighted by Gasteiger charge is -2.06. The standard InChI is InChI=1S/C18H17FO2S/c19-15-2-1-3-16(12-15)21-10-11-22-17-8-6-14(7-9-17)18(20)13-4-5-13/h1-3,6-9,12-13H,4-5,10-11H2. The van der Waals surface area contributed by atoms with Crippen LogP contribution in [0.4, 0.5) is 4.39 Å². The largest absolute Gasteiger partial charge is 0.493 e. The maximum Gasteiger partial charge on any atom is 0.165 e. The van der Waals surface area contributed by atoms with Gasteiger partial charge in [-0.1, -0.05) is 18.2 Å². The SMILES string of the molecule is O=C(c1ccc(SCCOc2cccc(F)c2)cc1)C1CC1. The third-order valence-electron chi connectivity index (χ3n) is 3.50. The molecule has 2 nitrogen and oxygen atoms in total. The summed E-state index contributed by atoms with van der Waals surface area (Å²) >= 11 is 1.66. The summed E-state index contributed by atoms with van der Waals surface area (Å²) in [4.78, 5) is 13.0. The van der Waals surface area contributed by atoms with Crippen molar-refractivity contribution in [3.05, 3.63) is 59.9 Å². The van der Waals surface area contributed by atoms with Crippen LogP contribution in [-0.2, 0) is 0 Å². The van der Waals surface area contributed by atoms with Crippen molar-refractivity contribution in [2.24, 2.45) is 5.92 Å². The van der Waals surface area contributed by atoms with Gasteiger partial charge >= 0.3 is 0 Å². The van der Waals surface area contributed by atoms with Gasteiger partial charge in [0.05, 0.1) is 6.61 Å². The van der Waals surface area contributed by atoms with Gasteiger partial charge in [-0.3, -0.25) is 4.79 Å². The molecule has 0 spiro atoms. The molecule has 4 heteroatoms. The van der Waals surface area contributed by atoms with E-state index in [1.165, 1.54) is 12.1 Å². The molecule has 3 rings (SSSR count). The third-order valence-corrected chi connectivity index (χ3v) is 4.48. The van der Waals surface area contributed by atoms with Crippen molar-refractivity contribution in [3.63, 3.8) is 0 Å². The minimum Gasteiger partial charge on any atom is -0.493 e. The molecule has 0 N–H and O–H groups in total. The molecule has 0 radical (unpaired) electrons. The van der Waals surface area contributed by atoms with Crippen LogP contribution in [0.15, 0.2) is 53.4 Å². The highest BCUT2D eigenvalue weighted by Crippen LogP contribution is 2.33. The third kappa shape index (κ3) is 4.10. The van der Waals surface area contributed by atoms with Gasteiger partial charge in [0.25, 0.3) is 0 Å². The lowest BCUT2D eigenvalue weighted by atomic mass is 10.1. The smallest absolute Gasteiger partial charge is 0.165 e. The van der Waals surface area contributed by atoms with E-state index in [2.05, 4.69) is 0 Å². The number of ether oxygens (including phenoxy) is 1. The Balaban J connectivity index is 1.44. The van der Waals surface area contributed by atoms with Crippen molar-refractivity contribution < 1.29 is 13.9 Å². The zero-order valence-corrected chi connectivity index (χ0v) is 12.9. The maximum atomic E-state index is 13.0. The Morgan fingerprint density at radius 2 is 1.95 bits per heavy atom. The summed E-state index contributed by atoms with van der Waals surface area (Å²) < 4.78 is 18.5. The van der Waals surface area contributed by atoms with Crippen LogP contribution in [0.2, 0.25) is 0 Å².